The summed E-state index contributed by atoms with van der Waals surface area (Å²) in [6.07, 6.45) is 5.77. The largest absolute Gasteiger partial charge is 0.328 e. The van der Waals surface area contributed by atoms with Crippen molar-refractivity contribution < 1.29 is 13.0 Å². The highest BCUT2D eigenvalue weighted by atomic mass is 32.2. The lowest BCUT2D eigenvalue weighted by Gasteiger charge is -2.09. The smallest absolute Gasteiger partial charge is 0.264 e. The highest BCUT2D eigenvalue weighted by molar-refractivity contribution is 7.85. The fraction of sp³-hybridized carbons (Fsp3) is 1.00. The second-order valence-electron chi connectivity index (χ2n) is 3.68. The van der Waals surface area contributed by atoms with Crippen molar-refractivity contribution in [1.82, 2.24) is 0 Å². The van der Waals surface area contributed by atoms with Crippen LogP contribution in [0.3, 0.4) is 0 Å². The average Bonchev–Trinajstić information content (AvgIpc) is 2.08. The minimum atomic E-state index is -3.83. The molecule has 0 heterocycles. The number of hydrogen-bond acceptors (Lipinski definition) is 3. The van der Waals surface area contributed by atoms with E-state index < -0.39 is 10.1 Å². The summed E-state index contributed by atoms with van der Waals surface area (Å²) in [5.41, 5.74) is 5.69. The van der Waals surface area contributed by atoms with E-state index in [2.05, 4.69) is 6.92 Å². The Bertz CT molecular complexity index is 226. The Morgan fingerprint density at radius 3 is 2.36 bits per heavy atom. The average molecular weight is 223 g/mol. The van der Waals surface area contributed by atoms with E-state index in [-0.39, 0.29) is 11.8 Å². The van der Waals surface area contributed by atoms with Gasteiger partial charge in [0.25, 0.3) is 10.1 Å². The number of rotatable bonds is 8. The Morgan fingerprint density at radius 2 is 1.86 bits per heavy atom. The standard InChI is InChI=1S/C9H21NO3S/c1-2-3-4-5-6-9(10)7-8-14(11,12)13/h9H,2-8,10H2,1H3,(H,11,12,13). The zero-order valence-corrected chi connectivity index (χ0v) is 9.59. The van der Waals surface area contributed by atoms with E-state index in [1.165, 1.54) is 12.8 Å². The summed E-state index contributed by atoms with van der Waals surface area (Å²) in [6.45, 7) is 2.14. The molecule has 4 nitrogen and oxygen atoms in total. The molecule has 14 heavy (non-hydrogen) atoms. The van der Waals surface area contributed by atoms with Crippen LogP contribution >= 0.6 is 0 Å². The van der Waals surface area contributed by atoms with Gasteiger partial charge in [-0.15, -0.1) is 0 Å². The van der Waals surface area contributed by atoms with Gasteiger partial charge >= 0.3 is 0 Å². The van der Waals surface area contributed by atoms with E-state index in [0.717, 1.165) is 19.3 Å². The van der Waals surface area contributed by atoms with Gasteiger partial charge in [0.05, 0.1) is 5.75 Å². The molecule has 0 aliphatic rings. The van der Waals surface area contributed by atoms with E-state index in [1.807, 2.05) is 0 Å². The second-order valence-corrected chi connectivity index (χ2v) is 5.26. The van der Waals surface area contributed by atoms with Crippen LogP contribution < -0.4 is 5.73 Å². The summed E-state index contributed by atoms with van der Waals surface area (Å²) in [5.74, 6) is -0.220. The van der Waals surface area contributed by atoms with Gasteiger partial charge in [0.2, 0.25) is 0 Å². The first kappa shape index (κ1) is 13.9. The van der Waals surface area contributed by atoms with Gasteiger partial charge in [-0.25, -0.2) is 0 Å². The highest BCUT2D eigenvalue weighted by Crippen LogP contribution is 2.06. The highest BCUT2D eigenvalue weighted by Gasteiger charge is 2.08. The van der Waals surface area contributed by atoms with Crippen LogP contribution in [0, 0.1) is 0 Å². The summed E-state index contributed by atoms with van der Waals surface area (Å²) in [4.78, 5) is 0. The zero-order valence-electron chi connectivity index (χ0n) is 8.78. The van der Waals surface area contributed by atoms with Gasteiger partial charge in [0.15, 0.2) is 0 Å². The van der Waals surface area contributed by atoms with Crippen molar-refractivity contribution in [1.29, 1.82) is 0 Å². The van der Waals surface area contributed by atoms with Gasteiger partial charge in [0, 0.05) is 6.04 Å². The van der Waals surface area contributed by atoms with Crippen molar-refractivity contribution in [3.63, 3.8) is 0 Å². The summed E-state index contributed by atoms with van der Waals surface area (Å²) >= 11 is 0. The van der Waals surface area contributed by atoms with Crippen LogP contribution in [0.25, 0.3) is 0 Å². The molecule has 86 valence electrons. The molecule has 0 saturated heterocycles. The van der Waals surface area contributed by atoms with E-state index >= 15 is 0 Å². The molecule has 0 rings (SSSR count). The van der Waals surface area contributed by atoms with Crippen LogP contribution in [0.15, 0.2) is 0 Å². The first-order valence-corrected chi connectivity index (χ1v) is 6.77. The van der Waals surface area contributed by atoms with Crippen molar-refractivity contribution in [2.45, 2.75) is 51.5 Å². The quantitative estimate of drug-likeness (QED) is 0.483. The molecular formula is C9H21NO3S. The molecule has 0 spiro atoms. The van der Waals surface area contributed by atoms with Crippen LogP contribution in [0.5, 0.6) is 0 Å². The molecule has 5 heteroatoms. The number of nitrogens with two attached hydrogens (primary N) is 1. The lowest BCUT2D eigenvalue weighted by Crippen LogP contribution is -2.23. The lowest BCUT2D eigenvalue weighted by atomic mass is 10.1. The fourth-order valence-electron chi connectivity index (χ4n) is 1.28. The van der Waals surface area contributed by atoms with Gasteiger partial charge in [-0.3, -0.25) is 4.55 Å². The molecule has 1 unspecified atom stereocenters. The van der Waals surface area contributed by atoms with E-state index in [0.29, 0.717) is 6.42 Å². The van der Waals surface area contributed by atoms with Crippen LogP contribution in [0.4, 0.5) is 0 Å². The van der Waals surface area contributed by atoms with Gasteiger partial charge in [0.1, 0.15) is 0 Å². The third-order valence-corrected chi connectivity index (χ3v) is 2.93. The fourth-order valence-corrected chi connectivity index (χ4v) is 1.88. The minimum absolute atomic E-state index is 0.103. The maximum atomic E-state index is 10.4. The second kappa shape index (κ2) is 7.20. The number of unbranched alkanes of at least 4 members (excludes halogenated alkanes) is 3. The maximum absolute atomic E-state index is 10.4. The Morgan fingerprint density at radius 1 is 1.21 bits per heavy atom. The minimum Gasteiger partial charge on any atom is -0.328 e. The molecule has 3 N–H and O–H groups in total. The lowest BCUT2D eigenvalue weighted by molar-refractivity contribution is 0.471. The molecule has 0 aliphatic heterocycles. The molecule has 0 bridgehead atoms. The van der Waals surface area contributed by atoms with Gasteiger partial charge in [-0.1, -0.05) is 32.6 Å². The summed E-state index contributed by atoms with van der Waals surface area (Å²) < 4.78 is 29.3. The first-order valence-electron chi connectivity index (χ1n) is 5.16. The van der Waals surface area contributed by atoms with Crippen molar-refractivity contribution in [3.8, 4) is 0 Å². The third-order valence-electron chi connectivity index (χ3n) is 2.18. The molecule has 1 atom stereocenters. The van der Waals surface area contributed by atoms with Crippen molar-refractivity contribution in [3.05, 3.63) is 0 Å². The van der Waals surface area contributed by atoms with E-state index in [9.17, 15) is 8.42 Å². The molecular weight excluding hydrogens is 202 g/mol. The monoisotopic (exact) mass is 223 g/mol. The Labute approximate surface area is 86.6 Å². The van der Waals surface area contributed by atoms with E-state index in [1.54, 1.807) is 0 Å². The summed E-state index contributed by atoms with van der Waals surface area (Å²) in [7, 11) is -3.83. The Balaban J connectivity index is 3.42. The topological polar surface area (TPSA) is 80.4 Å². The molecule has 0 aromatic heterocycles. The van der Waals surface area contributed by atoms with Crippen molar-refractivity contribution >= 4 is 10.1 Å². The zero-order chi connectivity index (χ0) is 11.0. The van der Waals surface area contributed by atoms with Crippen molar-refractivity contribution in [2.75, 3.05) is 5.75 Å². The molecule has 0 aromatic carbocycles. The Kier molecular flexibility index (Phi) is 7.13. The molecule has 0 aromatic rings. The van der Waals surface area contributed by atoms with Crippen LogP contribution in [0.2, 0.25) is 0 Å². The summed E-state index contributed by atoms with van der Waals surface area (Å²) in [5, 5.41) is 0. The third kappa shape index (κ3) is 9.95. The van der Waals surface area contributed by atoms with Gasteiger partial charge in [-0.05, 0) is 12.8 Å². The molecule has 0 saturated carbocycles. The van der Waals surface area contributed by atoms with Crippen LogP contribution in [0.1, 0.15) is 45.4 Å². The molecule has 0 fully saturated rings. The molecule has 0 amide bonds. The SMILES string of the molecule is CCCCCCC(N)CCS(=O)(=O)O. The predicted octanol–water partition coefficient (Wildman–Crippen LogP) is 1.56. The Hall–Kier alpha value is -0.130. The molecule has 0 radical (unpaired) electrons. The normalized spacial score (nSPS) is 14.2. The van der Waals surface area contributed by atoms with Gasteiger partial charge in [-0.2, -0.15) is 8.42 Å². The number of hydrogen-bond donors (Lipinski definition) is 2. The van der Waals surface area contributed by atoms with E-state index in [4.69, 9.17) is 10.3 Å². The van der Waals surface area contributed by atoms with Gasteiger partial charge < -0.3 is 5.73 Å². The first-order chi connectivity index (χ1) is 6.45. The van der Waals surface area contributed by atoms with Crippen molar-refractivity contribution in [2.24, 2.45) is 5.73 Å². The predicted molar refractivity (Wildman–Crippen MR) is 57.8 cm³/mol. The maximum Gasteiger partial charge on any atom is 0.264 e. The summed E-state index contributed by atoms with van der Waals surface area (Å²) in [6, 6.07) is -0.103. The van der Waals surface area contributed by atoms with Crippen LogP contribution in [-0.4, -0.2) is 24.8 Å². The van der Waals surface area contributed by atoms with Crippen LogP contribution in [-0.2, 0) is 10.1 Å². The molecule has 0 aliphatic carbocycles.